The van der Waals surface area contributed by atoms with Crippen LogP contribution in [-0.4, -0.2) is 33.9 Å². The van der Waals surface area contributed by atoms with Crippen molar-refractivity contribution in [2.24, 2.45) is 0 Å². The Morgan fingerprint density at radius 1 is 1.00 bits per heavy atom. The van der Waals surface area contributed by atoms with E-state index in [2.05, 4.69) is 0 Å². The van der Waals surface area contributed by atoms with E-state index in [1.54, 1.807) is 0 Å². The van der Waals surface area contributed by atoms with Crippen LogP contribution in [0.3, 0.4) is 0 Å². The highest BCUT2D eigenvalue weighted by molar-refractivity contribution is 8.56. The highest BCUT2D eigenvalue weighted by Crippen LogP contribution is 1.74. The fraction of sp³-hybridized carbons (Fsp3) is 0. The fourth-order valence-electron chi connectivity index (χ4n) is 0. The summed E-state index contributed by atoms with van der Waals surface area (Å²) in [6, 6.07) is 0. The van der Waals surface area contributed by atoms with Crippen molar-refractivity contribution in [1.29, 1.82) is 0 Å². The third kappa shape index (κ3) is 25.9. The first-order valence-electron chi connectivity index (χ1n) is 1.52. The Kier molecular flexibility index (Phi) is 8.06. The van der Waals surface area contributed by atoms with Crippen molar-refractivity contribution in [3.8, 4) is 0 Å². The lowest BCUT2D eigenvalue weighted by Gasteiger charge is -1.74. The molecule has 0 amide bonds. The van der Waals surface area contributed by atoms with Gasteiger partial charge < -0.3 is 10.2 Å². The van der Waals surface area contributed by atoms with Gasteiger partial charge in [0.2, 0.25) is 0 Å². The second-order valence-electron chi connectivity index (χ2n) is 0.717. The van der Waals surface area contributed by atoms with Gasteiger partial charge in [-0.15, -0.1) is 0 Å². The molecule has 0 rings (SSSR count). The van der Waals surface area contributed by atoms with Crippen LogP contribution in [0, 0.1) is 0 Å². The molecule has 0 radical (unpaired) electrons. The third-order valence-corrected chi connectivity index (χ3v) is 1.10. The Morgan fingerprint density at radius 3 is 1.10 bits per heavy atom. The van der Waals surface area contributed by atoms with Crippen molar-refractivity contribution in [3.05, 3.63) is 0 Å². The molecule has 4 N–H and O–H groups in total. The number of hydrogen-bond acceptors (Lipinski definition) is 3. The van der Waals surface area contributed by atoms with E-state index in [-0.39, 0.29) is 0 Å². The summed E-state index contributed by atoms with van der Waals surface area (Å²) in [5, 5.41) is 13.9. The van der Waals surface area contributed by atoms with Gasteiger partial charge in [0.25, 0.3) is 20.2 Å². The summed E-state index contributed by atoms with van der Waals surface area (Å²) in [5.74, 6) is 0. The molecule has 0 bridgehead atoms. The maximum atomic E-state index is 9.26. The zero-order valence-electron chi connectivity index (χ0n) is 4.33. The zero-order chi connectivity index (χ0) is 8.73. The molecule has 0 aromatic rings. The second-order valence-corrected chi connectivity index (χ2v) is 3.30. The quantitative estimate of drug-likeness (QED) is 0.327. The summed E-state index contributed by atoms with van der Waals surface area (Å²) < 4.78 is 33.6. The Bertz CT molecular complexity index is 134. The third-order valence-electron chi connectivity index (χ3n) is 0.122. The summed E-state index contributed by atoms with van der Waals surface area (Å²) in [6.45, 7) is 0. The normalized spacial score (nSPS) is 14.2. The van der Waals surface area contributed by atoms with E-state index in [9.17, 15) is 8.42 Å². The first-order chi connectivity index (χ1) is 4.37. The highest BCUT2D eigenvalue weighted by atomic mass is 33.2. The minimum Gasteiger partial charge on any atom is -0.450 e. The average molecular weight is 192 g/mol. The molecule has 62 valence electrons. The molecule has 0 heterocycles. The minimum atomic E-state index is -2.59. The van der Waals surface area contributed by atoms with E-state index < -0.39 is 26.4 Å². The summed E-state index contributed by atoms with van der Waals surface area (Å²) in [6.07, 6.45) is -1.83. The molecular formula is CH4O7S2. The van der Waals surface area contributed by atoms with Gasteiger partial charge in [0.05, 0.1) is 0 Å². The number of carbonyl (C=O) groups is 1. The molecule has 2 atom stereocenters. The SMILES string of the molecule is O=C(O)O.O=S(O)S(=O)O. The van der Waals surface area contributed by atoms with Crippen LogP contribution < -0.4 is 0 Å². The van der Waals surface area contributed by atoms with Crippen LogP contribution in [0.1, 0.15) is 0 Å². The van der Waals surface area contributed by atoms with Crippen molar-refractivity contribution in [2.75, 3.05) is 0 Å². The molecule has 0 aliphatic heterocycles. The molecule has 0 aromatic heterocycles. The molecule has 9 heteroatoms. The Morgan fingerprint density at radius 2 is 1.10 bits per heavy atom. The van der Waals surface area contributed by atoms with Gasteiger partial charge in [-0.25, -0.2) is 13.2 Å². The van der Waals surface area contributed by atoms with Gasteiger partial charge in [-0.2, -0.15) is 0 Å². The predicted molar refractivity (Wildman–Crippen MR) is 32.2 cm³/mol. The van der Waals surface area contributed by atoms with Crippen molar-refractivity contribution < 1.29 is 32.5 Å². The van der Waals surface area contributed by atoms with Crippen LogP contribution in [0.15, 0.2) is 0 Å². The molecule has 0 aliphatic carbocycles. The first kappa shape index (κ1) is 12.2. The van der Waals surface area contributed by atoms with Gasteiger partial charge in [0.15, 0.2) is 0 Å². The van der Waals surface area contributed by atoms with E-state index in [0.29, 0.717) is 0 Å². The molecule has 0 saturated carbocycles. The van der Waals surface area contributed by atoms with Crippen molar-refractivity contribution in [3.63, 3.8) is 0 Å². The van der Waals surface area contributed by atoms with E-state index in [0.717, 1.165) is 0 Å². The van der Waals surface area contributed by atoms with Crippen LogP contribution in [-0.2, 0) is 20.2 Å². The number of carboxylic acid groups (broad SMARTS) is 2. The maximum absolute atomic E-state index is 9.26. The molecule has 2 unspecified atom stereocenters. The largest absolute Gasteiger partial charge is 0.503 e. The van der Waals surface area contributed by atoms with Crippen molar-refractivity contribution in [1.82, 2.24) is 0 Å². The average Bonchev–Trinajstić information content (AvgIpc) is 1.63. The number of rotatable bonds is 1. The van der Waals surface area contributed by atoms with E-state index in [1.165, 1.54) is 0 Å². The van der Waals surface area contributed by atoms with Crippen LogP contribution in [0.4, 0.5) is 4.79 Å². The summed E-state index contributed by atoms with van der Waals surface area (Å²) in [5.41, 5.74) is 0. The second kappa shape index (κ2) is 6.61. The molecule has 0 aromatic carbocycles. The summed E-state index contributed by atoms with van der Waals surface area (Å²) in [4.78, 5) is 8.56. The molecule has 0 aliphatic rings. The summed E-state index contributed by atoms with van der Waals surface area (Å²) in [7, 11) is -5.18. The standard InChI is InChI=1S/CH2O3.H2O4S2/c2-1(3)4;1-5(2)6(3)4/h(H2,2,3,4);(H,1,2)(H,3,4). The topological polar surface area (TPSA) is 132 Å². The Hall–Kier alpha value is -0.510. The van der Waals surface area contributed by atoms with Crippen LogP contribution >= 0.6 is 0 Å². The zero-order valence-corrected chi connectivity index (χ0v) is 5.96. The summed E-state index contributed by atoms with van der Waals surface area (Å²) >= 11 is 0. The van der Waals surface area contributed by atoms with Gasteiger partial charge >= 0.3 is 6.16 Å². The van der Waals surface area contributed by atoms with E-state index in [1.807, 2.05) is 0 Å². The van der Waals surface area contributed by atoms with Gasteiger partial charge in [-0.05, 0) is 0 Å². The molecule has 0 spiro atoms. The lowest BCUT2D eigenvalue weighted by molar-refractivity contribution is 0.137. The Labute approximate surface area is 59.7 Å². The smallest absolute Gasteiger partial charge is 0.450 e. The molecule has 0 fully saturated rings. The first-order valence-corrected chi connectivity index (χ1v) is 4.25. The lowest BCUT2D eigenvalue weighted by Crippen LogP contribution is -1.93. The van der Waals surface area contributed by atoms with Crippen LogP contribution in [0.2, 0.25) is 0 Å². The lowest BCUT2D eigenvalue weighted by atomic mass is 11.5. The van der Waals surface area contributed by atoms with Gasteiger partial charge in [0, 0.05) is 0 Å². The van der Waals surface area contributed by atoms with Gasteiger partial charge in [-0.3, -0.25) is 9.11 Å². The van der Waals surface area contributed by atoms with Crippen LogP contribution in [0.25, 0.3) is 0 Å². The maximum Gasteiger partial charge on any atom is 0.503 e. The molecular weight excluding hydrogens is 188 g/mol. The molecule has 7 nitrogen and oxygen atoms in total. The van der Waals surface area contributed by atoms with E-state index in [4.69, 9.17) is 24.1 Å². The monoisotopic (exact) mass is 192 g/mol. The van der Waals surface area contributed by atoms with Crippen molar-refractivity contribution in [2.45, 2.75) is 0 Å². The van der Waals surface area contributed by atoms with Crippen molar-refractivity contribution >= 4 is 26.4 Å². The fourth-order valence-corrected chi connectivity index (χ4v) is 0. The Balaban J connectivity index is 0. The van der Waals surface area contributed by atoms with Crippen LogP contribution in [0.5, 0.6) is 0 Å². The van der Waals surface area contributed by atoms with E-state index >= 15 is 0 Å². The minimum absolute atomic E-state index is 1.83. The highest BCUT2D eigenvalue weighted by Gasteiger charge is 1.95. The molecule has 10 heavy (non-hydrogen) atoms. The number of hydrogen-bond donors (Lipinski definition) is 4. The predicted octanol–water partition coefficient (Wildman–Crippen LogP) is -0.433. The molecule has 0 saturated heterocycles. The van der Waals surface area contributed by atoms with Gasteiger partial charge in [0.1, 0.15) is 0 Å². The van der Waals surface area contributed by atoms with Gasteiger partial charge in [-0.1, -0.05) is 0 Å².